The molecular formula is C13H13FN2O. The Balaban J connectivity index is 2.97. The van der Waals surface area contributed by atoms with Gasteiger partial charge in [-0.05, 0) is 25.5 Å². The Morgan fingerprint density at radius 3 is 2.88 bits per heavy atom. The van der Waals surface area contributed by atoms with Crippen molar-refractivity contribution in [3.63, 3.8) is 0 Å². The molecule has 0 fully saturated rings. The van der Waals surface area contributed by atoms with Gasteiger partial charge in [0.15, 0.2) is 0 Å². The number of hydrogen-bond donors (Lipinski definition) is 0. The van der Waals surface area contributed by atoms with E-state index in [1.165, 1.54) is 10.6 Å². The molecule has 1 heterocycles. The number of nitrogens with zero attached hydrogens (tertiary/aromatic N) is 2. The van der Waals surface area contributed by atoms with E-state index in [0.29, 0.717) is 28.7 Å². The molecule has 0 spiro atoms. The van der Waals surface area contributed by atoms with Gasteiger partial charge in [-0.2, -0.15) is 0 Å². The van der Waals surface area contributed by atoms with E-state index >= 15 is 0 Å². The summed E-state index contributed by atoms with van der Waals surface area (Å²) in [6, 6.07) is 2.96. The molecule has 1 aromatic carbocycles. The molecule has 2 aromatic rings. The average Bonchev–Trinajstić information content (AvgIpc) is 2.30. The maximum absolute atomic E-state index is 13.7. The van der Waals surface area contributed by atoms with Crippen molar-refractivity contribution in [3.8, 4) is 0 Å². The summed E-state index contributed by atoms with van der Waals surface area (Å²) in [6.07, 6.45) is 1.99. The fourth-order valence-corrected chi connectivity index (χ4v) is 1.98. The minimum Gasteiger partial charge on any atom is -0.308 e. The summed E-state index contributed by atoms with van der Waals surface area (Å²) in [4.78, 5) is 16.0. The van der Waals surface area contributed by atoms with Crippen molar-refractivity contribution in [2.24, 2.45) is 7.05 Å². The third kappa shape index (κ3) is 1.75. The van der Waals surface area contributed by atoms with Gasteiger partial charge in [0, 0.05) is 12.6 Å². The highest BCUT2D eigenvalue weighted by molar-refractivity contribution is 5.79. The van der Waals surface area contributed by atoms with Crippen molar-refractivity contribution in [2.75, 3.05) is 0 Å². The molecule has 0 aliphatic rings. The van der Waals surface area contributed by atoms with E-state index in [2.05, 4.69) is 11.6 Å². The number of benzene rings is 1. The Hall–Kier alpha value is -1.97. The van der Waals surface area contributed by atoms with Crippen LogP contribution in [0.3, 0.4) is 0 Å². The zero-order valence-electron chi connectivity index (χ0n) is 9.83. The molecule has 0 saturated heterocycles. The monoisotopic (exact) mass is 232 g/mol. The maximum atomic E-state index is 13.7. The Kier molecular flexibility index (Phi) is 2.79. The van der Waals surface area contributed by atoms with Gasteiger partial charge >= 0.3 is 0 Å². The number of allylic oxidation sites excluding steroid dienone is 1. The van der Waals surface area contributed by atoms with E-state index in [-0.39, 0.29) is 11.4 Å². The number of halogens is 1. The summed E-state index contributed by atoms with van der Waals surface area (Å²) in [7, 11) is 1.63. The molecule has 0 aliphatic heterocycles. The Labute approximate surface area is 98.2 Å². The molecule has 0 unspecified atom stereocenters. The largest absolute Gasteiger partial charge is 0.308 e. The van der Waals surface area contributed by atoms with Crippen molar-refractivity contribution in [1.29, 1.82) is 0 Å². The van der Waals surface area contributed by atoms with Gasteiger partial charge in [0.25, 0.3) is 5.56 Å². The highest BCUT2D eigenvalue weighted by Crippen LogP contribution is 2.19. The van der Waals surface area contributed by atoms with Gasteiger partial charge in [-0.1, -0.05) is 6.08 Å². The molecule has 0 N–H and O–H groups in total. The zero-order valence-corrected chi connectivity index (χ0v) is 9.83. The van der Waals surface area contributed by atoms with Gasteiger partial charge < -0.3 is 4.57 Å². The Morgan fingerprint density at radius 2 is 2.24 bits per heavy atom. The van der Waals surface area contributed by atoms with Crippen LogP contribution in [0, 0.1) is 12.7 Å². The van der Waals surface area contributed by atoms with Gasteiger partial charge in [0.05, 0.1) is 11.0 Å². The van der Waals surface area contributed by atoms with Gasteiger partial charge in [0.2, 0.25) is 0 Å². The molecule has 0 bridgehead atoms. The van der Waals surface area contributed by atoms with E-state index in [9.17, 15) is 9.18 Å². The van der Waals surface area contributed by atoms with Crippen molar-refractivity contribution >= 4 is 11.0 Å². The zero-order chi connectivity index (χ0) is 12.6. The van der Waals surface area contributed by atoms with E-state index in [1.54, 1.807) is 26.1 Å². The Bertz CT molecular complexity index is 658. The minimum atomic E-state index is -0.335. The molecule has 1 aromatic heterocycles. The molecule has 0 radical (unpaired) electrons. The number of aryl methyl sites for hydroxylation is 2. The molecule has 0 amide bonds. The predicted molar refractivity (Wildman–Crippen MR) is 65.6 cm³/mol. The van der Waals surface area contributed by atoms with E-state index in [4.69, 9.17) is 0 Å². The second-order valence-electron chi connectivity index (χ2n) is 3.95. The van der Waals surface area contributed by atoms with Crippen LogP contribution in [-0.2, 0) is 13.5 Å². The van der Waals surface area contributed by atoms with Crippen LogP contribution in [-0.4, -0.2) is 9.55 Å². The molecule has 0 aliphatic carbocycles. The molecule has 0 saturated carbocycles. The fourth-order valence-electron chi connectivity index (χ4n) is 1.98. The number of rotatable bonds is 2. The first-order valence-electron chi connectivity index (χ1n) is 5.32. The van der Waals surface area contributed by atoms with Gasteiger partial charge in [-0.3, -0.25) is 4.79 Å². The van der Waals surface area contributed by atoms with Crippen LogP contribution in [0.25, 0.3) is 11.0 Å². The van der Waals surface area contributed by atoms with Crippen LogP contribution >= 0.6 is 0 Å². The van der Waals surface area contributed by atoms with Crippen molar-refractivity contribution < 1.29 is 4.39 Å². The van der Waals surface area contributed by atoms with Gasteiger partial charge in [-0.15, -0.1) is 6.58 Å². The molecular weight excluding hydrogens is 219 g/mol. The first-order chi connectivity index (χ1) is 8.06. The molecule has 17 heavy (non-hydrogen) atoms. The molecule has 3 nitrogen and oxygen atoms in total. The van der Waals surface area contributed by atoms with Crippen LogP contribution in [0.1, 0.15) is 11.3 Å². The lowest BCUT2D eigenvalue weighted by Gasteiger charge is -2.10. The fraction of sp³-hybridized carbons (Fsp3) is 0.231. The quantitative estimate of drug-likeness (QED) is 0.743. The molecule has 88 valence electrons. The van der Waals surface area contributed by atoms with Crippen molar-refractivity contribution in [1.82, 2.24) is 9.55 Å². The summed E-state index contributed by atoms with van der Waals surface area (Å²) < 4.78 is 15.2. The highest BCUT2D eigenvalue weighted by Gasteiger charge is 2.12. The Morgan fingerprint density at radius 1 is 1.53 bits per heavy atom. The van der Waals surface area contributed by atoms with Crippen molar-refractivity contribution in [2.45, 2.75) is 13.3 Å². The minimum absolute atomic E-state index is 0.201. The third-order valence-electron chi connectivity index (χ3n) is 2.79. The number of aromatic nitrogens is 2. The topological polar surface area (TPSA) is 34.9 Å². The summed E-state index contributed by atoms with van der Waals surface area (Å²) in [5.41, 5.74) is 1.84. The summed E-state index contributed by atoms with van der Waals surface area (Å²) in [5.74, 6) is -0.335. The summed E-state index contributed by atoms with van der Waals surface area (Å²) in [6.45, 7) is 5.25. The summed E-state index contributed by atoms with van der Waals surface area (Å²) in [5, 5.41) is 0. The lowest BCUT2D eigenvalue weighted by molar-refractivity contribution is 0.615. The smallest absolute Gasteiger partial charge is 0.272 e. The highest BCUT2D eigenvalue weighted by atomic mass is 19.1. The van der Waals surface area contributed by atoms with Crippen LogP contribution in [0.5, 0.6) is 0 Å². The van der Waals surface area contributed by atoms with E-state index in [1.807, 2.05) is 0 Å². The first kappa shape index (κ1) is 11.5. The van der Waals surface area contributed by atoms with Crippen molar-refractivity contribution in [3.05, 3.63) is 52.2 Å². The van der Waals surface area contributed by atoms with Gasteiger partial charge in [0.1, 0.15) is 11.5 Å². The predicted octanol–water partition coefficient (Wildman–Crippen LogP) is 2.11. The standard InChI is InChI=1S/C13H13FN2O/c1-4-5-9-10(14)6-7-11-12(9)16(3)13(17)8(2)15-11/h4,6-7H,1,5H2,2-3H3. The second-order valence-corrected chi connectivity index (χ2v) is 3.95. The maximum Gasteiger partial charge on any atom is 0.272 e. The molecule has 4 heteroatoms. The van der Waals surface area contributed by atoms with Crippen LogP contribution < -0.4 is 5.56 Å². The molecule has 2 rings (SSSR count). The number of fused-ring (bicyclic) bond motifs is 1. The SMILES string of the molecule is C=CCc1c(F)ccc2nc(C)c(=O)n(C)c12. The number of hydrogen-bond acceptors (Lipinski definition) is 2. The van der Waals surface area contributed by atoms with Crippen LogP contribution in [0.15, 0.2) is 29.6 Å². The van der Waals surface area contributed by atoms with E-state index in [0.717, 1.165) is 0 Å². The lowest BCUT2D eigenvalue weighted by atomic mass is 10.1. The van der Waals surface area contributed by atoms with Gasteiger partial charge in [-0.25, -0.2) is 9.37 Å². The first-order valence-corrected chi connectivity index (χ1v) is 5.32. The molecule has 0 atom stereocenters. The van der Waals surface area contributed by atoms with E-state index < -0.39 is 0 Å². The third-order valence-corrected chi connectivity index (χ3v) is 2.79. The summed E-state index contributed by atoms with van der Waals surface area (Å²) >= 11 is 0. The lowest BCUT2D eigenvalue weighted by Crippen LogP contribution is -2.22. The van der Waals surface area contributed by atoms with Crippen LogP contribution in [0.4, 0.5) is 4.39 Å². The normalized spacial score (nSPS) is 10.8. The average molecular weight is 232 g/mol. The van der Waals surface area contributed by atoms with Crippen LogP contribution in [0.2, 0.25) is 0 Å². The second kappa shape index (κ2) is 4.13.